The molecule has 15 heteroatoms. The molecule has 3 aromatic heterocycles. The zero-order valence-corrected chi connectivity index (χ0v) is 25.3. The molecule has 2 N–H and O–H groups in total. The molecule has 4 aliphatic rings. The molecule has 11 nitrogen and oxygen atoms in total. The van der Waals surface area contributed by atoms with Crippen LogP contribution in [0.25, 0.3) is 16.3 Å². The minimum absolute atomic E-state index is 0.0438. The van der Waals surface area contributed by atoms with Crippen LogP contribution in [0.4, 0.5) is 14.5 Å². The van der Waals surface area contributed by atoms with Crippen LogP contribution in [0.5, 0.6) is 0 Å². The molecule has 2 aliphatic carbocycles. The van der Waals surface area contributed by atoms with Crippen molar-refractivity contribution in [3.05, 3.63) is 23.0 Å². The van der Waals surface area contributed by atoms with Crippen molar-refractivity contribution >= 4 is 32.7 Å². The Labute approximate surface area is 246 Å². The summed E-state index contributed by atoms with van der Waals surface area (Å²) < 4.78 is 70.6. The number of sulfonamides is 1. The van der Waals surface area contributed by atoms with Gasteiger partial charge in [-0.05, 0) is 58.4 Å². The van der Waals surface area contributed by atoms with Crippen molar-refractivity contribution in [1.29, 1.82) is 0 Å². The molecule has 228 valence electrons. The molecule has 1 spiro atoms. The Morgan fingerprint density at radius 1 is 1.19 bits per heavy atom. The largest absolute Gasteiger partial charge is 0.390 e. The predicted octanol–water partition coefficient (Wildman–Crippen LogP) is 3.62. The van der Waals surface area contributed by atoms with Crippen LogP contribution in [0, 0.1) is 5.41 Å². The smallest absolute Gasteiger partial charge is 0.291 e. The average molecular weight is 625 g/mol. The van der Waals surface area contributed by atoms with E-state index in [4.69, 9.17) is 14.5 Å². The SMILES string of the molecule is COC1(c2nc3c(N4CCC5(CC4)CO[C@@H](C)[C@@H]5O)cc(S(=O)(=O)NC4(C)CC4)cn3c2-c2nnc(C(F)F)s2)CC1. The first-order valence-electron chi connectivity index (χ1n) is 14.2. The van der Waals surface area contributed by atoms with Crippen LogP contribution >= 0.6 is 11.3 Å². The number of hydrogen-bond donors (Lipinski definition) is 2. The van der Waals surface area contributed by atoms with E-state index in [1.54, 1.807) is 17.6 Å². The van der Waals surface area contributed by atoms with Crippen LogP contribution in [-0.2, 0) is 25.1 Å². The van der Waals surface area contributed by atoms with Crippen molar-refractivity contribution in [3.63, 3.8) is 0 Å². The van der Waals surface area contributed by atoms with Crippen LogP contribution in [0.15, 0.2) is 17.2 Å². The lowest BCUT2D eigenvalue weighted by molar-refractivity contribution is 0.0250. The Balaban J connectivity index is 1.39. The highest BCUT2D eigenvalue weighted by molar-refractivity contribution is 7.89. The molecule has 2 saturated carbocycles. The highest BCUT2D eigenvalue weighted by atomic mass is 32.2. The summed E-state index contributed by atoms with van der Waals surface area (Å²) in [6, 6.07) is 1.64. The number of methoxy groups -OCH3 is 1. The van der Waals surface area contributed by atoms with Gasteiger partial charge in [0, 0.05) is 37.4 Å². The van der Waals surface area contributed by atoms with Gasteiger partial charge in [-0.3, -0.25) is 4.40 Å². The third-order valence-corrected chi connectivity index (χ3v) is 12.1. The second-order valence-corrected chi connectivity index (χ2v) is 15.2. The number of rotatable bonds is 8. The Bertz CT molecular complexity index is 1640. The summed E-state index contributed by atoms with van der Waals surface area (Å²) in [6.45, 7) is 5.33. The number of fused-ring (bicyclic) bond motifs is 1. The minimum atomic E-state index is -3.94. The van der Waals surface area contributed by atoms with Gasteiger partial charge in [-0.1, -0.05) is 11.3 Å². The van der Waals surface area contributed by atoms with Crippen LogP contribution < -0.4 is 9.62 Å². The monoisotopic (exact) mass is 624 g/mol. The molecule has 0 unspecified atom stereocenters. The van der Waals surface area contributed by atoms with Gasteiger partial charge in [-0.25, -0.2) is 26.9 Å². The standard InChI is InChI=1S/C27H34F2N6O5S2/c1-15-20(36)26(14-40-15)8-10-34(11-9-26)17-12-16(42(37,38)33-25(2)4-5-25)13-35-18(23-31-32-24(41-23)21(28)29)19(30-22(17)35)27(39-3)6-7-27/h12-13,15,20-21,33,36H,4-11,14H2,1-3H3/t15-,20-/m0/s1. The molecule has 0 bridgehead atoms. The lowest BCUT2D eigenvalue weighted by Crippen LogP contribution is -2.47. The van der Waals surface area contributed by atoms with E-state index in [0.717, 1.165) is 24.2 Å². The van der Waals surface area contributed by atoms with Crippen molar-refractivity contribution in [2.24, 2.45) is 5.41 Å². The number of ether oxygens (including phenoxy) is 2. The number of imidazole rings is 1. The van der Waals surface area contributed by atoms with Gasteiger partial charge in [0.15, 0.2) is 15.7 Å². The number of aliphatic hydroxyl groups is 1. The molecule has 4 fully saturated rings. The van der Waals surface area contributed by atoms with E-state index in [1.807, 2.05) is 13.8 Å². The molecule has 5 heterocycles. The van der Waals surface area contributed by atoms with E-state index in [9.17, 15) is 22.3 Å². The number of alkyl halides is 2. The van der Waals surface area contributed by atoms with Gasteiger partial charge in [0.05, 0.1) is 24.5 Å². The molecule has 2 atom stereocenters. The van der Waals surface area contributed by atoms with Gasteiger partial charge in [-0.15, -0.1) is 10.2 Å². The first-order chi connectivity index (χ1) is 19.9. The predicted molar refractivity (Wildman–Crippen MR) is 150 cm³/mol. The van der Waals surface area contributed by atoms with E-state index in [2.05, 4.69) is 19.8 Å². The lowest BCUT2D eigenvalue weighted by Gasteiger charge is -2.41. The number of pyridine rings is 1. The summed E-state index contributed by atoms with van der Waals surface area (Å²) >= 11 is 0.761. The summed E-state index contributed by atoms with van der Waals surface area (Å²) in [5.74, 6) is 0. The van der Waals surface area contributed by atoms with E-state index >= 15 is 0 Å². The van der Waals surface area contributed by atoms with E-state index in [-0.39, 0.29) is 21.4 Å². The maximum absolute atomic E-state index is 13.7. The van der Waals surface area contributed by atoms with Crippen molar-refractivity contribution in [2.45, 2.75) is 87.0 Å². The van der Waals surface area contributed by atoms with Gasteiger partial charge in [0.1, 0.15) is 21.9 Å². The number of hydrogen-bond acceptors (Lipinski definition) is 10. The third-order valence-electron chi connectivity index (χ3n) is 9.53. The average Bonchev–Trinajstić information content (AvgIpc) is 3.76. The van der Waals surface area contributed by atoms with Crippen LogP contribution in [-0.4, -0.2) is 77.7 Å². The van der Waals surface area contributed by atoms with Crippen LogP contribution in [0.1, 0.15) is 69.5 Å². The molecule has 42 heavy (non-hydrogen) atoms. The van der Waals surface area contributed by atoms with Gasteiger partial charge in [0.25, 0.3) is 6.43 Å². The zero-order chi connectivity index (χ0) is 29.7. The maximum Gasteiger partial charge on any atom is 0.291 e. The maximum atomic E-state index is 13.7. The van der Waals surface area contributed by atoms with E-state index in [0.29, 0.717) is 68.1 Å². The lowest BCUT2D eigenvalue weighted by atomic mass is 9.74. The van der Waals surface area contributed by atoms with Crippen molar-refractivity contribution in [2.75, 3.05) is 31.7 Å². The summed E-state index contributed by atoms with van der Waals surface area (Å²) in [5, 5.41) is 18.5. The fourth-order valence-corrected chi connectivity index (χ4v) is 8.58. The molecule has 2 saturated heterocycles. The molecule has 0 radical (unpaired) electrons. The fraction of sp³-hybridized carbons (Fsp3) is 0.667. The topological polar surface area (TPSA) is 131 Å². The van der Waals surface area contributed by atoms with Crippen molar-refractivity contribution in [3.8, 4) is 10.7 Å². The highest BCUT2D eigenvalue weighted by Gasteiger charge is 2.51. The second kappa shape index (κ2) is 9.60. The quantitative estimate of drug-likeness (QED) is 0.386. The molecule has 7 rings (SSSR count). The summed E-state index contributed by atoms with van der Waals surface area (Å²) in [4.78, 5) is 7.14. The number of anilines is 1. The highest BCUT2D eigenvalue weighted by Crippen LogP contribution is 2.53. The van der Waals surface area contributed by atoms with E-state index in [1.165, 1.54) is 6.20 Å². The third kappa shape index (κ3) is 4.54. The van der Waals surface area contributed by atoms with E-state index < -0.39 is 38.7 Å². The zero-order valence-electron chi connectivity index (χ0n) is 23.6. The van der Waals surface area contributed by atoms with Gasteiger partial charge >= 0.3 is 0 Å². The molecule has 3 aromatic rings. The summed E-state index contributed by atoms with van der Waals surface area (Å²) in [5.41, 5.74) is 0.462. The minimum Gasteiger partial charge on any atom is -0.390 e. The van der Waals surface area contributed by atoms with Crippen LogP contribution in [0.2, 0.25) is 0 Å². The Morgan fingerprint density at radius 3 is 2.45 bits per heavy atom. The number of nitrogens with zero attached hydrogens (tertiary/aromatic N) is 5. The molecule has 0 amide bonds. The van der Waals surface area contributed by atoms with Gasteiger partial charge in [-0.2, -0.15) is 0 Å². The first kappa shape index (κ1) is 28.5. The molecule has 0 aromatic carbocycles. The summed E-state index contributed by atoms with van der Waals surface area (Å²) in [6.07, 6.45) is 2.08. The first-order valence-corrected chi connectivity index (χ1v) is 16.5. The van der Waals surface area contributed by atoms with Crippen LogP contribution in [0.3, 0.4) is 0 Å². The fourth-order valence-electron chi connectivity index (χ4n) is 6.35. The Morgan fingerprint density at radius 2 is 1.90 bits per heavy atom. The molecular formula is C27H34F2N6O5S2. The number of aromatic nitrogens is 4. The Hall–Kier alpha value is -2.30. The number of nitrogens with one attached hydrogen (secondary N) is 1. The second-order valence-electron chi connectivity index (χ2n) is 12.5. The van der Waals surface area contributed by atoms with Crippen molar-refractivity contribution in [1.82, 2.24) is 24.3 Å². The van der Waals surface area contributed by atoms with Crippen molar-refractivity contribution < 1.29 is 31.8 Å². The summed E-state index contributed by atoms with van der Waals surface area (Å²) in [7, 11) is -2.35. The number of piperidine rings is 1. The number of aliphatic hydroxyl groups excluding tert-OH is 1. The normalized spacial score (nSPS) is 26.0. The van der Waals surface area contributed by atoms with Gasteiger partial charge < -0.3 is 19.5 Å². The van der Waals surface area contributed by atoms with Gasteiger partial charge in [0.2, 0.25) is 10.0 Å². The Kier molecular flexibility index (Phi) is 6.51. The number of halogens is 2. The molecular weight excluding hydrogens is 590 g/mol. The molecule has 2 aliphatic heterocycles.